The van der Waals surface area contributed by atoms with Crippen LogP contribution < -0.4 is 10.2 Å². The minimum Gasteiger partial charge on any atom is -0.333 e. The minimum absolute atomic E-state index is 0.467. The quantitative estimate of drug-likeness (QED) is 0.454. The SMILES string of the molecule is C#C.Cc1nc(N2CC3NCC32)n2nc(-c3ccccc3Cl)c(-c3ccc(Cl)cc3)c2n1. The van der Waals surface area contributed by atoms with Gasteiger partial charge in [-0.1, -0.05) is 53.5 Å². The fourth-order valence-corrected chi connectivity index (χ4v) is 4.63. The lowest BCUT2D eigenvalue weighted by Gasteiger charge is -2.56. The molecular formula is C24H20Cl2N6. The molecule has 0 amide bonds. The predicted octanol–water partition coefficient (Wildman–Crippen LogP) is 4.48. The van der Waals surface area contributed by atoms with Crippen LogP contribution in [0.1, 0.15) is 5.82 Å². The fraction of sp³-hybridized carbons (Fsp3) is 0.208. The molecule has 0 saturated carbocycles. The third-order valence-corrected chi connectivity index (χ3v) is 6.53. The Balaban J connectivity index is 0.00000105. The van der Waals surface area contributed by atoms with Gasteiger partial charge in [0, 0.05) is 29.7 Å². The van der Waals surface area contributed by atoms with E-state index < -0.39 is 0 Å². The van der Waals surface area contributed by atoms with Gasteiger partial charge >= 0.3 is 0 Å². The Hall–Kier alpha value is -3.11. The van der Waals surface area contributed by atoms with Crippen LogP contribution in [0.5, 0.6) is 0 Å². The molecule has 2 atom stereocenters. The molecule has 2 aliphatic rings. The molecule has 0 spiro atoms. The van der Waals surface area contributed by atoms with Crippen LogP contribution in [0.3, 0.4) is 0 Å². The van der Waals surface area contributed by atoms with Crippen LogP contribution in [0.15, 0.2) is 48.5 Å². The Morgan fingerprint density at radius 3 is 2.41 bits per heavy atom. The Morgan fingerprint density at radius 1 is 1.03 bits per heavy atom. The first kappa shape index (κ1) is 20.8. The molecular weight excluding hydrogens is 443 g/mol. The summed E-state index contributed by atoms with van der Waals surface area (Å²) < 4.78 is 1.87. The van der Waals surface area contributed by atoms with E-state index in [1.807, 2.05) is 60.0 Å². The van der Waals surface area contributed by atoms with E-state index in [1.54, 1.807) is 0 Å². The van der Waals surface area contributed by atoms with E-state index in [9.17, 15) is 0 Å². The van der Waals surface area contributed by atoms with Crippen molar-refractivity contribution in [3.05, 3.63) is 64.4 Å². The van der Waals surface area contributed by atoms with Gasteiger partial charge in [-0.2, -0.15) is 14.6 Å². The predicted molar refractivity (Wildman–Crippen MR) is 129 cm³/mol. The number of fused-ring (bicyclic) bond motifs is 2. The molecule has 2 saturated heterocycles. The first-order valence-electron chi connectivity index (χ1n) is 10.2. The number of aromatic nitrogens is 4. The molecule has 4 heterocycles. The second-order valence-corrected chi connectivity index (χ2v) is 8.59. The number of aryl methyl sites for hydroxylation is 1. The third kappa shape index (κ3) is 3.21. The highest BCUT2D eigenvalue weighted by Gasteiger charge is 2.47. The maximum Gasteiger partial charge on any atom is 0.230 e. The van der Waals surface area contributed by atoms with Gasteiger partial charge in [0.05, 0.1) is 16.6 Å². The van der Waals surface area contributed by atoms with Gasteiger partial charge in [0.25, 0.3) is 0 Å². The normalized spacial score (nSPS) is 18.8. The molecule has 8 heteroatoms. The number of benzene rings is 2. The summed E-state index contributed by atoms with van der Waals surface area (Å²) in [7, 11) is 0. The molecule has 6 nitrogen and oxygen atoms in total. The summed E-state index contributed by atoms with van der Waals surface area (Å²) in [6.07, 6.45) is 8.00. The maximum atomic E-state index is 6.57. The second kappa shape index (κ2) is 8.10. The van der Waals surface area contributed by atoms with Crippen LogP contribution in [-0.4, -0.2) is 44.8 Å². The van der Waals surface area contributed by atoms with Gasteiger partial charge in [0.1, 0.15) is 11.5 Å². The summed E-state index contributed by atoms with van der Waals surface area (Å²) in [5.41, 5.74) is 4.33. The molecule has 0 radical (unpaired) electrons. The van der Waals surface area contributed by atoms with E-state index >= 15 is 0 Å². The Morgan fingerprint density at radius 2 is 1.78 bits per heavy atom. The van der Waals surface area contributed by atoms with Gasteiger partial charge in [-0.3, -0.25) is 0 Å². The number of piperazine rings is 1. The summed E-state index contributed by atoms with van der Waals surface area (Å²) in [4.78, 5) is 11.8. The highest BCUT2D eigenvalue weighted by Crippen LogP contribution is 2.40. The molecule has 2 aromatic heterocycles. The third-order valence-electron chi connectivity index (χ3n) is 5.95. The number of nitrogens with zero attached hydrogens (tertiary/aromatic N) is 5. The summed E-state index contributed by atoms with van der Waals surface area (Å²) in [6, 6.07) is 16.5. The Labute approximate surface area is 196 Å². The average Bonchev–Trinajstić information content (AvgIpc) is 3.16. The van der Waals surface area contributed by atoms with Crippen molar-refractivity contribution in [1.29, 1.82) is 0 Å². The van der Waals surface area contributed by atoms with Crippen molar-refractivity contribution >= 4 is 34.8 Å². The molecule has 2 unspecified atom stereocenters. The van der Waals surface area contributed by atoms with Crippen molar-refractivity contribution in [2.45, 2.75) is 19.0 Å². The first-order valence-corrected chi connectivity index (χ1v) is 11.0. The second-order valence-electron chi connectivity index (χ2n) is 7.75. The monoisotopic (exact) mass is 462 g/mol. The Bertz CT molecular complexity index is 1330. The van der Waals surface area contributed by atoms with Crippen molar-refractivity contribution < 1.29 is 0 Å². The number of anilines is 1. The number of terminal acetylenes is 1. The average molecular weight is 463 g/mol. The molecule has 4 aromatic rings. The number of halogens is 2. The van der Waals surface area contributed by atoms with Crippen LogP contribution in [0.25, 0.3) is 28.0 Å². The zero-order valence-corrected chi connectivity index (χ0v) is 18.8. The van der Waals surface area contributed by atoms with E-state index in [-0.39, 0.29) is 0 Å². The lowest BCUT2D eigenvalue weighted by molar-refractivity contribution is 0.208. The van der Waals surface area contributed by atoms with Gasteiger partial charge in [-0.25, -0.2) is 4.98 Å². The molecule has 2 aliphatic heterocycles. The molecule has 160 valence electrons. The van der Waals surface area contributed by atoms with Gasteiger partial charge < -0.3 is 10.2 Å². The lowest BCUT2D eigenvalue weighted by atomic mass is 9.89. The van der Waals surface area contributed by atoms with E-state index in [1.165, 1.54) is 0 Å². The van der Waals surface area contributed by atoms with E-state index in [4.69, 9.17) is 38.3 Å². The van der Waals surface area contributed by atoms with Crippen molar-refractivity contribution in [2.75, 3.05) is 18.0 Å². The maximum absolute atomic E-state index is 6.57. The number of nitrogens with one attached hydrogen (secondary N) is 1. The first-order chi connectivity index (χ1) is 15.6. The van der Waals surface area contributed by atoms with Gasteiger partial charge in [-0.15, -0.1) is 12.8 Å². The van der Waals surface area contributed by atoms with Crippen LogP contribution in [0.2, 0.25) is 10.0 Å². The van der Waals surface area contributed by atoms with Gasteiger partial charge in [-0.05, 0) is 30.7 Å². The molecule has 2 aromatic carbocycles. The van der Waals surface area contributed by atoms with Crippen LogP contribution >= 0.6 is 23.2 Å². The van der Waals surface area contributed by atoms with E-state index in [2.05, 4.69) is 23.1 Å². The molecule has 2 fully saturated rings. The fourth-order valence-electron chi connectivity index (χ4n) is 4.28. The number of hydrogen-bond acceptors (Lipinski definition) is 5. The van der Waals surface area contributed by atoms with Crippen LogP contribution in [-0.2, 0) is 0 Å². The molecule has 1 N–H and O–H groups in total. The number of rotatable bonds is 3. The Kier molecular flexibility index (Phi) is 5.26. The van der Waals surface area contributed by atoms with Crippen molar-refractivity contribution in [3.8, 4) is 35.2 Å². The van der Waals surface area contributed by atoms with Crippen molar-refractivity contribution in [1.82, 2.24) is 24.9 Å². The molecule has 0 bridgehead atoms. The minimum atomic E-state index is 0.467. The van der Waals surface area contributed by atoms with Gasteiger partial charge in [0.2, 0.25) is 5.95 Å². The highest BCUT2D eigenvalue weighted by atomic mass is 35.5. The standard InChI is InChI=1S/C22H18Cl2N6.C2H2/c1-12-26-21-19(13-6-8-14(23)9-7-13)20(15-4-2-3-5-16(15)24)28-30(21)22(27-12)29-11-17-18(29)10-25-17;1-2/h2-9,17-18,25H,10-11H2,1H3;1-2H. The summed E-state index contributed by atoms with van der Waals surface area (Å²) in [5.74, 6) is 1.54. The molecule has 32 heavy (non-hydrogen) atoms. The van der Waals surface area contributed by atoms with E-state index in [0.717, 1.165) is 47.1 Å². The zero-order valence-electron chi connectivity index (χ0n) is 17.3. The summed E-state index contributed by atoms with van der Waals surface area (Å²) in [6.45, 7) is 3.82. The highest BCUT2D eigenvalue weighted by molar-refractivity contribution is 6.33. The van der Waals surface area contributed by atoms with E-state index in [0.29, 0.717) is 28.0 Å². The van der Waals surface area contributed by atoms with Crippen LogP contribution in [0, 0.1) is 19.8 Å². The lowest BCUT2D eigenvalue weighted by Crippen LogP contribution is -2.78. The van der Waals surface area contributed by atoms with Crippen molar-refractivity contribution in [2.24, 2.45) is 0 Å². The summed E-state index contributed by atoms with van der Waals surface area (Å²) in [5, 5.41) is 9.76. The zero-order chi connectivity index (χ0) is 22.4. The molecule has 6 rings (SSSR count). The summed E-state index contributed by atoms with van der Waals surface area (Å²) >= 11 is 12.7. The smallest absolute Gasteiger partial charge is 0.230 e. The van der Waals surface area contributed by atoms with Crippen LogP contribution in [0.4, 0.5) is 5.95 Å². The number of hydrogen-bond donors (Lipinski definition) is 1. The molecule has 0 aliphatic carbocycles. The van der Waals surface area contributed by atoms with Crippen molar-refractivity contribution in [3.63, 3.8) is 0 Å². The topological polar surface area (TPSA) is 58.4 Å². The largest absolute Gasteiger partial charge is 0.333 e. The van der Waals surface area contributed by atoms with Gasteiger partial charge in [0.15, 0.2) is 5.65 Å².